The lowest BCUT2D eigenvalue weighted by Crippen LogP contribution is -2.44. The molecule has 0 N–H and O–H groups in total. The molecule has 0 bridgehead atoms. The number of hydrogen-bond donors (Lipinski definition) is 0. The number of benzene rings is 1. The molecule has 6 nitrogen and oxygen atoms in total. The Balaban J connectivity index is 1.59. The molecule has 2 amide bonds. The molecular weight excluding hydrogens is 349 g/mol. The lowest BCUT2D eigenvalue weighted by molar-refractivity contribution is -0.132. The molecule has 0 radical (unpaired) electrons. The summed E-state index contributed by atoms with van der Waals surface area (Å²) in [6, 6.07) is 4.53. The zero-order chi connectivity index (χ0) is 19.4. The van der Waals surface area contributed by atoms with Gasteiger partial charge in [-0.15, -0.1) is 0 Å². The molecule has 2 heterocycles. The van der Waals surface area contributed by atoms with E-state index in [-0.39, 0.29) is 23.7 Å². The van der Waals surface area contributed by atoms with Gasteiger partial charge in [-0.1, -0.05) is 6.07 Å². The Kier molecular flexibility index (Phi) is 6.44. The van der Waals surface area contributed by atoms with Crippen LogP contribution >= 0.6 is 0 Å². The first-order valence-electron chi connectivity index (χ1n) is 9.58. The van der Waals surface area contributed by atoms with Crippen LogP contribution in [0.5, 0.6) is 0 Å². The fraction of sp³-hybridized carbons (Fsp3) is 0.600. The minimum Gasteiger partial charge on any atom is -0.383 e. The van der Waals surface area contributed by atoms with Crippen LogP contribution in [0.15, 0.2) is 18.2 Å². The van der Waals surface area contributed by atoms with Crippen LogP contribution in [-0.4, -0.2) is 85.5 Å². The van der Waals surface area contributed by atoms with E-state index in [1.54, 1.807) is 31.1 Å². The molecule has 2 saturated heterocycles. The van der Waals surface area contributed by atoms with E-state index < -0.39 is 0 Å². The van der Waals surface area contributed by atoms with E-state index in [0.717, 1.165) is 25.9 Å². The van der Waals surface area contributed by atoms with E-state index >= 15 is 0 Å². The van der Waals surface area contributed by atoms with Gasteiger partial charge >= 0.3 is 0 Å². The van der Waals surface area contributed by atoms with Crippen molar-refractivity contribution in [3.05, 3.63) is 35.1 Å². The zero-order valence-corrected chi connectivity index (χ0v) is 16.1. The van der Waals surface area contributed by atoms with E-state index in [4.69, 9.17) is 4.74 Å². The van der Waals surface area contributed by atoms with Crippen LogP contribution in [0.3, 0.4) is 0 Å². The molecule has 0 unspecified atom stereocenters. The van der Waals surface area contributed by atoms with Gasteiger partial charge in [-0.25, -0.2) is 4.39 Å². The van der Waals surface area contributed by atoms with E-state index in [9.17, 15) is 14.0 Å². The summed E-state index contributed by atoms with van der Waals surface area (Å²) in [6.07, 6.45) is 1.63. The highest BCUT2D eigenvalue weighted by molar-refractivity contribution is 5.94. The highest BCUT2D eigenvalue weighted by Crippen LogP contribution is 2.20. The molecule has 1 aromatic rings. The van der Waals surface area contributed by atoms with Gasteiger partial charge in [0.1, 0.15) is 5.82 Å². The van der Waals surface area contributed by atoms with E-state index in [1.165, 1.54) is 6.07 Å². The molecule has 2 aliphatic rings. The van der Waals surface area contributed by atoms with Crippen molar-refractivity contribution in [2.24, 2.45) is 0 Å². The van der Waals surface area contributed by atoms with Crippen molar-refractivity contribution in [3.8, 4) is 0 Å². The average molecular weight is 377 g/mol. The number of amides is 2. The van der Waals surface area contributed by atoms with Gasteiger partial charge in [-0.05, 0) is 37.5 Å². The number of nitrogens with zero attached hydrogens (tertiary/aromatic N) is 3. The molecule has 0 spiro atoms. The van der Waals surface area contributed by atoms with E-state index in [2.05, 4.69) is 4.90 Å². The maximum atomic E-state index is 13.8. The molecule has 2 aliphatic heterocycles. The fourth-order valence-corrected chi connectivity index (χ4v) is 3.85. The first kappa shape index (κ1) is 19.8. The highest BCUT2D eigenvalue weighted by atomic mass is 19.1. The molecule has 0 saturated carbocycles. The standard InChI is InChI=1S/C20H28FN3O3/c1-15-4-5-16(14-17(15)21)19(25)23-8-3-7-22(10-11-23)18-6-9-24(20(18)26)12-13-27-2/h4-5,14,18H,3,6-13H2,1-2H3/t18-/m1/s1. The smallest absolute Gasteiger partial charge is 0.254 e. The predicted molar refractivity (Wildman–Crippen MR) is 100 cm³/mol. The second-order valence-corrected chi connectivity index (χ2v) is 7.27. The van der Waals surface area contributed by atoms with Crippen molar-refractivity contribution in [3.63, 3.8) is 0 Å². The Hall–Kier alpha value is -1.99. The first-order valence-corrected chi connectivity index (χ1v) is 9.58. The van der Waals surface area contributed by atoms with Crippen molar-refractivity contribution >= 4 is 11.8 Å². The number of ether oxygens (including phenoxy) is 1. The summed E-state index contributed by atoms with van der Waals surface area (Å²) in [7, 11) is 1.64. The van der Waals surface area contributed by atoms with Crippen molar-refractivity contribution in [1.29, 1.82) is 0 Å². The van der Waals surface area contributed by atoms with Crippen LogP contribution in [0.2, 0.25) is 0 Å². The number of hydrogen-bond acceptors (Lipinski definition) is 4. The summed E-state index contributed by atoms with van der Waals surface area (Å²) < 4.78 is 18.9. The first-order chi connectivity index (χ1) is 13.0. The van der Waals surface area contributed by atoms with Crippen LogP contribution in [-0.2, 0) is 9.53 Å². The lowest BCUT2D eigenvalue weighted by Gasteiger charge is -2.26. The Labute approximate surface area is 159 Å². The van der Waals surface area contributed by atoms with Crippen molar-refractivity contribution in [1.82, 2.24) is 14.7 Å². The third kappa shape index (κ3) is 4.47. The largest absolute Gasteiger partial charge is 0.383 e. The molecule has 148 valence electrons. The highest BCUT2D eigenvalue weighted by Gasteiger charge is 2.36. The summed E-state index contributed by atoms with van der Waals surface area (Å²) >= 11 is 0. The van der Waals surface area contributed by atoms with Gasteiger partial charge < -0.3 is 14.5 Å². The average Bonchev–Trinajstić information content (AvgIpc) is 2.87. The van der Waals surface area contributed by atoms with Gasteiger partial charge in [0.2, 0.25) is 5.91 Å². The predicted octanol–water partition coefficient (Wildman–Crippen LogP) is 1.53. The number of methoxy groups -OCH3 is 1. The van der Waals surface area contributed by atoms with Gasteiger partial charge in [0.15, 0.2) is 0 Å². The van der Waals surface area contributed by atoms with Crippen LogP contribution in [0.1, 0.15) is 28.8 Å². The number of rotatable bonds is 5. The van der Waals surface area contributed by atoms with Crippen LogP contribution in [0.4, 0.5) is 4.39 Å². The normalized spacial score (nSPS) is 21.6. The van der Waals surface area contributed by atoms with Crippen molar-refractivity contribution in [2.75, 3.05) is 53.0 Å². The van der Waals surface area contributed by atoms with Gasteiger partial charge in [0.05, 0.1) is 12.6 Å². The Morgan fingerprint density at radius 2 is 2.04 bits per heavy atom. The van der Waals surface area contributed by atoms with Gasteiger partial charge in [-0.3, -0.25) is 14.5 Å². The van der Waals surface area contributed by atoms with E-state index in [1.807, 2.05) is 4.90 Å². The number of halogens is 1. The maximum Gasteiger partial charge on any atom is 0.254 e. The third-order valence-corrected chi connectivity index (χ3v) is 5.51. The topological polar surface area (TPSA) is 53.1 Å². The summed E-state index contributed by atoms with van der Waals surface area (Å²) in [5.74, 6) is -0.340. The monoisotopic (exact) mass is 377 g/mol. The second-order valence-electron chi connectivity index (χ2n) is 7.27. The molecule has 27 heavy (non-hydrogen) atoms. The number of carbonyl (C=O) groups excluding carboxylic acids is 2. The number of aryl methyl sites for hydroxylation is 1. The molecule has 0 aromatic heterocycles. The summed E-state index contributed by atoms with van der Waals surface area (Å²) in [5.41, 5.74) is 0.917. The van der Waals surface area contributed by atoms with Gasteiger partial charge in [-0.2, -0.15) is 0 Å². The molecule has 1 atom stereocenters. The summed E-state index contributed by atoms with van der Waals surface area (Å²) in [4.78, 5) is 31.2. The molecule has 0 aliphatic carbocycles. The summed E-state index contributed by atoms with van der Waals surface area (Å²) in [6.45, 7) is 6.25. The molecule has 2 fully saturated rings. The Morgan fingerprint density at radius 1 is 1.22 bits per heavy atom. The van der Waals surface area contributed by atoms with Crippen LogP contribution in [0.25, 0.3) is 0 Å². The molecule has 7 heteroatoms. The minimum atomic E-state index is -0.356. The minimum absolute atomic E-state index is 0.103. The van der Waals surface area contributed by atoms with Gasteiger partial charge in [0, 0.05) is 51.9 Å². The maximum absolute atomic E-state index is 13.8. The van der Waals surface area contributed by atoms with Gasteiger partial charge in [0.25, 0.3) is 5.91 Å². The fourth-order valence-electron chi connectivity index (χ4n) is 3.85. The second kappa shape index (κ2) is 8.80. The third-order valence-electron chi connectivity index (χ3n) is 5.51. The SMILES string of the molecule is COCCN1CC[C@@H](N2CCCN(C(=O)c3ccc(C)c(F)c3)CC2)C1=O. The molecule has 1 aromatic carbocycles. The Morgan fingerprint density at radius 3 is 2.78 bits per heavy atom. The number of likely N-dealkylation sites (tertiary alicyclic amines) is 1. The Bertz CT molecular complexity index is 697. The lowest BCUT2D eigenvalue weighted by atomic mass is 10.1. The summed E-state index contributed by atoms with van der Waals surface area (Å²) in [5, 5.41) is 0. The van der Waals surface area contributed by atoms with Crippen molar-refractivity contribution in [2.45, 2.75) is 25.8 Å². The zero-order valence-electron chi connectivity index (χ0n) is 16.1. The van der Waals surface area contributed by atoms with Crippen molar-refractivity contribution < 1.29 is 18.7 Å². The van der Waals surface area contributed by atoms with Crippen LogP contribution < -0.4 is 0 Å². The molecular formula is C20H28FN3O3. The number of carbonyl (C=O) groups is 2. The van der Waals surface area contributed by atoms with Crippen LogP contribution in [0, 0.1) is 12.7 Å². The van der Waals surface area contributed by atoms with E-state index in [0.29, 0.717) is 43.9 Å². The quantitative estimate of drug-likeness (QED) is 0.781. The molecule has 3 rings (SSSR count).